The van der Waals surface area contributed by atoms with Crippen LogP contribution in [-0.4, -0.2) is 39.1 Å². The Hall–Kier alpha value is -3.69. The smallest absolute Gasteiger partial charge is 0.413 e. The Morgan fingerprint density at radius 2 is 2.06 bits per heavy atom. The lowest BCUT2D eigenvalue weighted by Gasteiger charge is -2.38. The van der Waals surface area contributed by atoms with Gasteiger partial charge in [-0.25, -0.2) is 9.78 Å². The number of thiophene rings is 1. The normalized spacial score (nSPS) is 18.4. The molecule has 0 bridgehead atoms. The number of nitrogens with one attached hydrogen (secondary N) is 2. The second-order valence-electron chi connectivity index (χ2n) is 8.03. The van der Waals surface area contributed by atoms with Crippen LogP contribution in [0.4, 0.5) is 10.7 Å². The molecule has 1 aliphatic rings. The molecule has 0 spiro atoms. The molecule has 33 heavy (non-hydrogen) atoms. The van der Waals surface area contributed by atoms with Gasteiger partial charge in [0.1, 0.15) is 0 Å². The van der Waals surface area contributed by atoms with E-state index in [1.807, 2.05) is 31.4 Å². The molecule has 2 atom stereocenters. The van der Waals surface area contributed by atoms with Gasteiger partial charge in [0.05, 0.1) is 24.2 Å². The van der Waals surface area contributed by atoms with Crippen molar-refractivity contribution >= 4 is 40.3 Å². The van der Waals surface area contributed by atoms with Crippen molar-refractivity contribution in [3.05, 3.63) is 81.0 Å². The van der Waals surface area contributed by atoms with Crippen LogP contribution in [0.25, 0.3) is 11.0 Å². The maximum absolute atomic E-state index is 13.5. The topological polar surface area (TPSA) is 108 Å². The number of amides is 2. The van der Waals surface area contributed by atoms with Crippen LogP contribution in [0.15, 0.2) is 53.9 Å². The van der Waals surface area contributed by atoms with Crippen molar-refractivity contribution in [3.8, 4) is 0 Å². The van der Waals surface area contributed by atoms with E-state index in [-0.39, 0.29) is 17.9 Å². The number of fused-ring (bicyclic) bond motifs is 2. The molecule has 5 rings (SSSR count). The number of imidazole rings is 1. The Morgan fingerprint density at radius 1 is 1.27 bits per heavy atom. The molecule has 168 valence electrons. The molecule has 8 nitrogen and oxygen atoms in total. The molecule has 2 unspecified atom stereocenters. The third-order valence-electron chi connectivity index (χ3n) is 5.94. The molecule has 9 heteroatoms. The first-order chi connectivity index (χ1) is 15.8. The van der Waals surface area contributed by atoms with Crippen LogP contribution < -0.4 is 5.32 Å². The zero-order valence-corrected chi connectivity index (χ0v) is 19.1. The van der Waals surface area contributed by atoms with E-state index in [9.17, 15) is 14.7 Å². The minimum atomic E-state index is -1.69. The maximum Gasteiger partial charge on any atom is 0.413 e. The lowest BCUT2D eigenvalue weighted by molar-refractivity contribution is -0.0670. The minimum absolute atomic E-state index is 0.225. The highest BCUT2D eigenvalue weighted by Gasteiger charge is 2.52. The van der Waals surface area contributed by atoms with Crippen molar-refractivity contribution in [1.29, 1.82) is 0 Å². The van der Waals surface area contributed by atoms with Crippen LogP contribution in [-0.2, 0) is 10.5 Å². The number of H-pyrrole nitrogens is 1. The van der Waals surface area contributed by atoms with Crippen molar-refractivity contribution in [2.24, 2.45) is 0 Å². The fraction of sp³-hybridized carbons (Fsp3) is 0.208. The van der Waals surface area contributed by atoms with E-state index in [0.29, 0.717) is 27.7 Å². The molecule has 2 aromatic carbocycles. The largest absolute Gasteiger partial charge is 0.453 e. The number of carbonyl (C=O) groups is 2. The summed E-state index contributed by atoms with van der Waals surface area (Å²) in [6, 6.07) is 14.0. The maximum atomic E-state index is 13.5. The van der Waals surface area contributed by atoms with E-state index in [2.05, 4.69) is 20.0 Å². The van der Waals surface area contributed by atoms with E-state index < -0.39 is 11.8 Å². The highest BCUT2D eigenvalue weighted by molar-refractivity contribution is 7.10. The molecule has 2 aromatic heterocycles. The van der Waals surface area contributed by atoms with Crippen LogP contribution in [0.5, 0.6) is 0 Å². The Morgan fingerprint density at radius 3 is 2.79 bits per heavy atom. The molecule has 0 saturated carbocycles. The van der Waals surface area contributed by atoms with E-state index in [1.165, 1.54) is 12.0 Å². The van der Waals surface area contributed by atoms with Gasteiger partial charge in [-0.2, -0.15) is 0 Å². The number of aromatic amines is 1. The summed E-state index contributed by atoms with van der Waals surface area (Å²) < 4.78 is 4.61. The fourth-order valence-corrected chi connectivity index (χ4v) is 5.31. The third-order valence-corrected chi connectivity index (χ3v) is 7.16. The predicted molar refractivity (Wildman–Crippen MR) is 125 cm³/mol. The molecule has 0 fully saturated rings. The number of anilines is 1. The first-order valence-electron chi connectivity index (χ1n) is 10.4. The second-order valence-corrected chi connectivity index (χ2v) is 8.97. The summed E-state index contributed by atoms with van der Waals surface area (Å²) in [5, 5.41) is 16.7. The molecule has 2 amide bonds. The van der Waals surface area contributed by atoms with Gasteiger partial charge in [-0.15, -0.1) is 11.3 Å². The average Bonchev–Trinajstić information content (AvgIpc) is 3.48. The zero-order chi connectivity index (χ0) is 23.3. The van der Waals surface area contributed by atoms with Crippen LogP contribution >= 0.6 is 11.3 Å². The van der Waals surface area contributed by atoms with Gasteiger partial charge in [-0.3, -0.25) is 15.0 Å². The second kappa shape index (κ2) is 7.72. The first kappa shape index (κ1) is 21.2. The SMILES string of the molecule is COC(=O)Nc1nc2cc(C3(O)c4ccccc4C(=O)N3C(C)c3cc(C)cs3)ccc2[nH]1. The van der Waals surface area contributed by atoms with E-state index >= 15 is 0 Å². The number of aliphatic hydroxyl groups is 1. The number of rotatable bonds is 4. The molecule has 3 N–H and O–H groups in total. The molecule has 4 aromatic rings. The summed E-state index contributed by atoms with van der Waals surface area (Å²) in [4.78, 5) is 35.0. The van der Waals surface area contributed by atoms with Gasteiger partial charge in [0, 0.05) is 21.6 Å². The molecular formula is C24H22N4O4S. The predicted octanol–water partition coefficient (Wildman–Crippen LogP) is 4.52. The van der Waals surface area contributed by atoms with Crippen molar-refractivity contribution in [3.63, 3.8) is 0 Å². The van der Waals surface area contributed by atoms with Crippen LogP contribution in [0, 0.1) is 6.92 Å². The third kappa shape index (κ3) is 3.28. The number of aromatic nitrogens is 2. The van der Waals surface area contributed by atoms with Gasteiger partial charge >= 0.3 is 6.09 Å². The Balaban J connectivity index is 1.64. The number of hydrogen-bond acceptors (Lipinski definition) is 6. The van der Waals surface area contributed by atoms with E-state index in [4.69, 9.17) is 0 Å². The van der Waals surface area contributed by atoms with E-state index in [0.717, 1.165) is 10.4 Å². The highest BCUT2D eigenvalue weighted by atomic mass is 32.1. The van der Waals surface area contributed by atoms with Crippen molar-refractivity contribution in [1.82, 2.24) is 14.9 Å². The lowest BCUT2D eigenvalue weighted by Crippen LogP contribution is -2.45. The Labute approximate surface area is 193 Å². The number of hydrogen-bond donors (Lipinski definition) is 3. The van der Waals surface area contributed by atoms with Gasteiger partial charge in [0.2, 0.25) is 5.95 Å². The Kier molecular flexibility index (Phi) is 4.95. The number of methoxy groups -OCH3 is 1. The number of ether oxygens (including phenoxy) is 1. The summed E-state index contributed by atoms with van der Waals surface area (Å²) in [6.07, 6.45) is -0.644. The van der Waals surface area contributed by atoms with Gasteiger partial charge in [0.15, 0.2) is 5.72 Å². The zero-order valence-electron chi connectivity index (χ0n) is 18.2. The van der Waals surface area contributed by atoms with Crippen molar-refractivity contribution in [2.45, 2.75) is 25.6 Å². The monoisotopic (exact) mass is 462 g/mol. The number of aryl methyl sites for hydroxylation is 1. The van der Waals surface area contributed by atoms with Crippen LogP contribution in [0.1, 0.15) is 44.9 Å². The van der Waals surface area contributed by atoms with E-state index in [1.54, 1.807) is 47.7 Å². The van der Waals surface area contributed by atoms with Crippen molar-refractivity contribution in [2.75, 3.05) is 12.4 Å². The highest BCUT2D eigenvalue weighted by Crippen LogP contribution is 2.47. The average molecular weight is 463 g/mol. The minimum Gasteiger partial charge on any atom is -0.453 e. The first-order valence-corrected chi connectivity index (χ1v) is 11.3. The number of benzene rings is 2. The lowest BCUT2D eigenvalue weighted by atomic mass is 9.92. The number of nitrogens with zero attached hydrogens (tertiary/aromatic N) is 2. The summed E-state index contributed by atoms with van der Waals surface area (Å²) in [5.41, 5.74) is 2.12. The summed E-state index contributed by atoms with van der Waals surface area (Å²) >= 11 is 1.56. The van der Waals surface area contributed by atoms with Gasteiger partial charge in [-0.05, 0) is 49.1 Å². The molecule has 3 heterocycles. The molecule has 1 aliphatic heterocycles. The van der Waals surface area contributed by atoms with Crippen molar-refractivity contribution < 1.29 is 19.4 Å². The van der Waals surface area contributed by atoms with Gasteiger partial charge < -0.3 is 14.8 Å². The standard InChI is InChI=1S/C24H22N4O4S/c1-13-10-20(33-12-13)14(2)28-21(29)16-6-4-5-7-17(16)24(28,31)15-8-9-18-19(11-15)26-22(25-18)27-23(30)32-3/h4-12,14,31H,1-3H3,(H2,25,26,27,30). The molecule has 0 saturated heterocycles. The van der Waals surface area contributed by atoms with Gasteiger partial charge in [-0.1, -0.05) is 24.3 Å². The van der Waals surface area contributed by atoms with Crippen LogP contribution in [0.3, 0.4) is 0 Å². The van der Waals surface area contributed by atoms with Gasteiger partial charge in [0.25, 0.3) is 5.91 Å². The van der Waals surface area contributed by atoms with Crippen LogP contribution in [0.2, 0.25) is 0 Å². The quantitative estimate of drug-likeness (QED) is 0.413. The summed E-state index contributed by atoms with van der Waals surface area (Å²) in [6.45, 7) is 3.93. The summed E-state index contributed by atoms with van der Waals surface area (Å²) in [5.74, 6) is -0.00926. The summed E-state index contributed by atoms with van der Waals surface area (Å²) in [7, 11) is 1.27. The Bertz CT molecular complexity index is 1390. The molecular weight excluding hydrogens is 440 g/mol. The molecule has 0 aliphatic carbocycles. The fourth-order valence-electron chi connectivity index (χ4n) is 4.36. The number of carbonyl (C=O) groups excluding carboxylic acids is 2. The molecule has 0 radical (unpaired) electrons.